The lowest BCUT2D eigenvalue weighted by Crippen LogP contribution is -2.39. The average Bonchev–Trinajstić information content (AvgIpc) is 2.68. The lowest BCUT2D eigenvalue weighted by Gasteiger charge is -2.25. The SMILES string of the molecule is CCN(C(=O)C(CC(=O)O)CC(=O)NO)c1ccc(-c2ccc(O)cc2)cc1. The molecule has 2 rings (SSSR count). The van der Waals surface area contributed by atoms with Crippen LogP contribution in [0.15, 0.2) is 48.5 Å². The van der Waals surface area contributed by atoms with Crippen LogP contribution in [-0.4, -0.2) is 39.7 Å². The Hall–Kier alpha value is -3.39. The molecule has 0 radical (unpaired) electrons. The van der Waals surface area contributed by atoms with Crippen molar-refractivity contribution in [1.82, 2.24) is 5.48 Å². The number of hydrogen-bond donors (Lipinski definition) is 4. The van der Waals surface area contributed by atoms with E-state index in [1.54, 1.807) is 43.3 Å². The third-order valence-electron chi connectivity index (χ3n) is 4.29. The molecule has 0 saturated carbocycles. The Labute approximate surface area is 162 Å². The summed E-state index contributed by atoms with van der Waals surface area (Å²) in [5.41, 5.74) is 3.77. The minimum absolute atomic E-state index is 0.166. The average molecular weight is 386 g/mol. The van der Waals surface area contributed by atoms with Gasteiger partial charge in [-0.05, 0) is 42.3 Å². The number of nitrogens with one attached hydrogen (secondary N) is 1. The van der Waals surface area contributed by atoms with E-state index in [-0.39, 0.29) is 12.3 Å². The summed E-state index contributed by atoms with van der Waals surface area (Å²) in [6, 6.07) is 13.8. The molecule has 1 atom stereocenters. The maximum absolute atomic E-state index is 12.8. The maximum Gasteiger partial charge on any atom is 0.304 e. The first-order chi connectivity index (χ1) is 13.3. The monoisotopic (exact) mass is 386 g/mol. The summed E-state index contributed by atoms with van der Waals surface area (Å²) in [5.74, 6) is -3.46. The van der Waals surface area contributed by atoms with Crippen LogP contribution in [0.1, 0.15) is 19.8 Å². The van der Waals surface area contributed by atoms with Crippen LogP contribution in [0.4, 0.5) is 5.69 Å². The third-order valence-corrected chi connectivity index (χ3v) is 4.29. The van der Waals surface area contributed by atoms with Crippen LogP contribution in [-0.2, 0) is 14.4 Å². The molecule has 0 spiro atoms. The van der Waals surface area contributed by atoms with Gasteiger partial charge in [-0.2, -0.15) is 0 Å². The second kappa shape index (κ2) is 9.52. The van der Waals surface area contributed by atoms with Crippen LogP contribution in [0.5, 0.6) is 5.75 Å². The number of amides is 2. The molecule has 0 saturated heterocycles. The Morgan fingerprint density at radius 2 is 1.50 bits per heavy atom. The van der Waals surface area contributed by atoms with E-state index < -0.39 is 36.5 Å². The van der Waals surface area contributed by atoms with Gasteiger partial charge in [0, 0.05) is 18.7 Å². The molecule has 0 aliphatic heterocycles. The topological polar surface area (TPSA) is 127 Å². The molecule has 2 amide bonds. The smallest absolute Gasteiger partial charge is 0.304 e. The standard InChI is InChI=1S/C20H22N2O6/c1-2-22(20(27)15(12-19(25)26)11-18(24)21-28)16-7-3-13(4-8-16)14-5-9-17(23)10-6-14/h3-10,15,23,28H,2,11-12H2,1H3,(H,21,24)(H,25,26). The molecule has 2 aromatic rings. The van der Waals surface area contributed by atoms with Gasteiger partial charge < -0.3 is 15.1 Å². The molecule has 148 valence electrons. The highest BCUT2D eigenvalue weighted by Crippen LogP contribution is 2.26. The van der Waals surface area contributed by atoms with Gasteiger partial charge in [0.05, 0.1) is 12.3 Å². The Balaban J connectivity index is 2.24. The van der Waals surface area contributed by atoms with Crippen LogP contribution in [0.25, 0.3) is 11.1 Å². The summed E-state index contributed by atoms with van der Waals surface area (Å²) < 4.78 is 0. The summed E-state index contributed by atoms with van der Waals surface area (Å²) in [4.78, 5) is 36.7. The molecule has 8 heteroatoms. The first-order valence-electron chi connectivity index (χ1n) is 8.71. The Morgan fingerprint density at radius 1 is 0.964 bits per heavy atom. The van der Waals surface area contributed by atoms with Crippen LogP contribution in [0.2, 0.25) is 0 Å². The van der Waals surface area contributed by atoms with E-state index in [1.165, 1.54) is 10.4 Å². The van der Waals surface area contributed by atoms with Gasteiger partial charge in [-0.1, -0.05) is 24.3 Å². The minimum Gasteiger partial charge on any atom is -0.508 e. The third kappa shape index (κ3) is 5.31. The Kier molecular flexibility index (Phi) is 7.11. The van der Waals surface area contributed by atoms with Gasteiger partial charge in [0.15, 0.2) is 0 Å². The molecule has 0 aliphatic carbocycles. The highest BCUT2D eigenvalue weighted by molar-refractivity contribution is 5.98. The fraction of sp³-hybridized carbons (Fsp3) is 0.250. The number of aromatic hydroxyl groups is 1. The van der Waals surface area contributed by atoms with Crippen LogP contribution in [0, 0.1) is 5.92 Å². The number of carbonyl (C=O) groups excluding carboxylic acids is 2. The number of rotatable bonds is 8. The van der Waals surface area contributed by atoms with Gasteiger partial charge in [0.1, 0.15) is 5.75 Å². The summed E-state index contributed by atoms with van der Waals surface area (Å²) in [6.45, 7) is 2.03. The van der Waals surface area contributed by atoms with Gasteiger partial charge in [-0.3, -0.25) is 19.6 Å². The number of carbonyl (C=O) groups is 3. The van der Waals surface area contributed by atoms with E-state index in [0.29, 0.717) is 5.69 Å². The summed E-state index contributed by atoms with van der Waals surface area (Å²) in [5, 5.41) is 27.1. The van der Waals surface area contributed by atoms with Crippen molar-refractivity contribution in [2.45, 2.75) is 19.8 Å². The molecule has 0 aromatic heterocycles. The predicted octanol–water partition coefficient (Wildman–Crippen LogP) is 2.40. The van der Waals surface area contributed by atoms with E-state index >= 15 is 0 Å². The quantitative estimate of drug-likeness (QED) is 0.407. The molecule has 2 aromatic carbocycles. The van der Waals surface area contributed by atoms with Crippen molar-refractivity contribution in [2.24, 2.45) is 5.92 Å². The molecule has 0 fully saturated rings. The number of carboxylic acid groups (broad SMARTS) is 1. The summed E-state index contributed by atoms with van der Waals surface area (Å²) >= 11 is 0. The fourth-order valence-electron chi connectivity index (χ4n) is 2.90. The highest BCUT2D eigenvalue weighted by atomic mass is 16.5. The van der Waals surface area contributed by atoms with E-state index in [0.717, 1.165) is 11.1 Å². The van der Waals surface area contributed by atoms with Crippen molar-refractivity contribution in [2.75, 3.05) is 11.4 Å². The number of phenols is 1. The second-order valence-corrected chi connectivity index (χ2v) is 6.21. The molecular formula is C20H22N2O6. The van der Waals surface area contributed by atoms with Crippen LogP contribution in [0.3, 0.4) is 0 Å². The number of hydroxylamine groups is 1. The Morgan fingerprint density at radius 3 is 1.96 bits per heavy atom. The number of benzene rings is 2. The normalized spacial score (nSPS) is 11.5. The van der Waals surface area contributed by atoms with Gasteiger partial charge in [0.2, 0.25) is 11.8 Å². The van der Waals surface area contributed by atoms with E-state index in [9.17, 15) is 19.5 Å². The summed E-state index contributed by atoms with van der Waals surface area (Å²) in [6.07, 6.45) is -0.946. The molecule has 8 nitrogen and oxygen atoms in total. The summed E-state index contributed by atoms with van der Waals surface area (Å²) in [7, 11) is 0. The molecule has 0 bridgehead atoms. The largest absolute Gasteiger partial charge is 0.508 e. The lowest BCUT2D eigenvalue weighted by atomic mass is 9.98. The van der Waals surface area contributed by atoms with E-state index in [2.05, 4.69) is 0 Å². The van der Waals surface area contributed by atoms with Crippen LogP contribution < -0.4 is 10.4 Å². The van der Waals surface area contributed by atoms with Crippen molar-refractivity contribution in [3.63, 3.8) is 0 Å². The van der Waals surface area contributed by atoms with Crippen molar-refractivity contribution in [3.05, 3.63) is 48.5 Å². The Bertz CT molecular complexity index is 833. The van der Waals surface area contributed by atoms with Gasteiger partial charge in [0.25, 0.3) is 0 Å². The number of aliphatic carboxylic acids is 1. The van der Waals surface area contributed by atoms with Gasteiger partial charge in [-0.25, -0.2) is 5.48 Å². The minimum atomic E-state index is -1.21. The molecule has 0 aliphatic rings. The van der Waals surface area contributed by atoms with Crippen molar-refractivity contribution in [1.29, 1.82) is 0 Å². The molecule has 28 heavy (non-hydrogen) atoms. The fourth-order valence-corrected chi connectivity index (χ4v) is 2.90. The molecular weight excluding hydrogens is 364 g/mol. The number of hydrogen-bond acceptors (Lipinski definition) is 5. The van der Waals surface area contributed by atoms with E-state index in [1.807, 2.05) is 12.1 Å². The first kappa shape index (κ1) is 20.9. The number of phenolic OH excluding ortho intramolecular Hbond substituents is 1. The van der Waals surface area contributed by atoms with Crippen molar-refractivity contribution >= 4 is 23.5 Å². The number of carboxylic acids is 1. The van der Waals surface area contributed by atoms with Crippen molar-refractivity contribution < 1.29 is 29.8 Å². The highest BCUT2D eigenvalue weighted by Gasteiger charge is 2.29. The van der Waals surface area contributed by atoms with Gasteiger partial charge in [-0.15, -0.1) is 0 Å². The van der Waals surface area contributed by atoms with Crippen molar-refractivity contribution in [3.8, 4) is 16.9 Å². The van der Waals surface area contributed by atoms with Gasteiger partial charge >= 0.3 is 5.97 Å². The maximum atomic E-state index is 12.8. The number of nitrogens with zero attached hydrogens (tertiary/aromatic N) is 1. The second-order valence-electron chi connectivity index (χ2n) is 6.21. The van der Waals surface area contributed by atoms with Crippen LogP contribution >= 0.6 is 0 Å². The zero-order valence-corrected chi connectivity index (χ0v) is 15.3. The zero-order chi connectivity index (χ0) is 20.7. The van der Waals surface area contributed by atoms with E-state index in [4.69, 9.17) is 10.3 Å². The zero-order valence-electron chi connectivity index (χ0n) is 15.3. The molecule has 1 unspecified atom stereocenters. The molecule has 4 N–H and O–H groups in total. The molecule has 0 heterocycles. The predicted molar refractivity (Wildman–Crippen MR) is 102 cm³/mol. The first-order valence-corrected chi connectivity index (χ1v) is 8.71. The lowest BCUT2D eigenvalue weighted by molar-refractivity contribution is -0.142. The number of anilines is 1.